The van der Waals surface area contributed by atoms with Gasteiger partial charge in [0.15, 0.2) is 4.96 Å². The van der Waals surface area contributed by atoms with Crippen LogP contribution in [-0.2, 0) is 0 Å². The number of carbonyl (C=O) groups is 1. The number of thiazole rings is 1. The van der Waals surface area contributed by atoms with Gasteiger partial charge in [0.2, 0.25) is 0 Å². The maximum Gasteiger partial charge on any atom is 0.273 e. The Bertz CT molecular complexity index is 1230. The summed E-state index contributed by atoms with van der Waals surface area (Å²) in [5.74, 6) is 0.445. The molecule has 0 radical (unpaired) electrons. The number of amides is 1. The van der Waals surface area contributed by atoms with Gasteiger partial charge in [0.05, 0.1) is 17.7 Å². The third kappa shape index (κ3) is 3.55. The lowest BCUT2D eigenvalue weighted by Gasteiger charge is -2.07. The number of rotatable bonds is 5. The van der Waals surface area contributed by atoms with Crippen LogP contribution in [0.2, 0.25) is 0 Å². The van der Waals surface area contributed by atoms with Crippen LogP contribution in [0.25, 0.3) is 16.2 Å². The number of methoxy groups -OCH3 is 1. The number of carbonyl (C=O) groups excluding carboxylic acids is 1. The standard InChI is InChI=1S/C20H16N4O4S/c1-12-9-14(24(26)27)5-8-16(12)21-19(25)18-11-29-20-22-17(10-23(18)20)13-3-6-15(28-2)7-4-13/h3-11H,1-2H3,(H,21,25). The number of hydrogen-bond donors (Lipinski definition) is 1. The van der Waals surface area contributed by atoms with Crippen molar-refractivity contribution in [1.82, 2.24) is 9.38 Å². The van der Waals surface area contributed by atoms with Crippen LogP contribution in [0.5, 0.6) is 5.75 Å². The van der Waals surface area contributed by atoms with E-state index >= 15 is 0 Å². The van der Waals surface area contributed by atoms with Crippen molar-refractivity contribution in [3.8, 4) is 17.0 Å². The Morgan fingerprint density at radius 2 is 2.00 bits per heavy atom. The number of benzene rings is 2. The lowest BCUT2D eigenvalue weighted by molar-refractivity contribution is -0.384. The number of nitrogens with one attached hydrogen (secondary N) is 1. The second-order valence-corrected chi connectivity index (χ2v) is 7.18. The van der Waals surface area contributed by atoms with E-state index in [9.17, 15) is 14.9 Å². The van der Waals surface area contributed by atoms with Crippen LogP contribution in [0.4, 0.5) is 11.4 Å². The summed E-state index contributed by atoms with van der Waals surface area (Å²) in [4.78, 5) is 28.5. The summed E-state index contributed by atoms with van der Waals surface area (Å²) in [6, 6.07) is 11.9. The van der Waals surface area contributed by atoms with E-state index in [0.29, 0.717) is 21.9 Å². The lowest BCUT2D eigenvalue weighted by Crippen LogP contribution is -2.14. The lowest BCUT2D eigenvalue weighted by atomic mass is 10.1. The third-order valence-corrected chi connectivity index (χ3v) is 5.34. The fraction of sp³-hybridized carbons (Fsp3) is 0.100. The Hall–Kier alpha value is -3.72. The molecule has 4 rings (SSSR count). The van der Waals surface area contributed by atoms with E-state index in [2.05, 4.69) is 10.3 Å². The first-order valence-electron chi connectivity index (χ1n) is 8.63. The molecule has 0 saturated heterocycles. The van der Waals surface area contributed by atoms with Crippen LogP contribution >= 0.6 is 11.3 Å². The molecule has 0 aliphatic rings. The van der Waals surface area contributed by atoms with Gasteiger partial charge in [-0.1, -0.05) is 0 Å². The van der Waals surface area contributed by atoms with Crippen molar-refractivity contribution in [2.24, 2.45) is 0 Å². The van der Waals surface area contributed by atoms with E-state index < -0.39 is 4.92 Å². The van der Waals surface area contributed by atoms with Crippen LogP contribution in [0.1, 0.15) is 16.1 Å². The molecule has 1 N–H and O–H groups in total. The van der Waals surface area contributed by atoms with Crippen molar-refractivity contribution in [2.45, 2.75) is 6.92 Å². The topological polar surface area (TPSA) is 98.8 Å². The smallest absolute Gasteiger partial charge is 0.273 e. The molecule has 0 atom stereocenters. The molecule has 0 unspecified atom stereocenters. The highest BCUT2D eigenvalue weighted by Crippen LogP contribution is 2.26. The van der Waals surface area contributed by atoms with Gasteiger partial charge in [-0.25, -0.2) is 4.98 Å². The number of non-ortho nitro benzene ring substituents is 1. The predicted octanol–water partition coefficient (Wildman–Crippen LogP) is 4.54. The summed E-state index contributed by atoms with van der Waals surface area (Å²) < 4.78 is 6.91. The molecule has 0 saturated carbocycles. The van der Waals surface area contributed by atoms with Gasteiger partial charge in [0.25, 0.3) is 11.6 Å². The Morgan fingerprint density at radius 1 is 1.24 bits per heavy atom. The number of anilines is 1. The number of hydrogen-bond acceptors (Lipinski definition) is 6. The minimum absolute atomic E-state index is 0.0165. The number of nitrogens with zero attached hydrogens (tertiary/aromatic N) is 3. The minimum Gasteiger partial charge on any atom is -0.497 e. The maximum atomic E-state index is 12.8. The van der Waals surface area contributed by atoms with E-state index in [4.69, 9.17) is 4.74 Å². The first-order chi connectivity index (χ1) is 14.0. The summed E-state index contributed by atoms with van der Waals surface area (Å²) in [5.41, 5.74) is 3.23. The van der Waals surface area contributed by atoms with Crippen LogP contribution < -0.4 is 10.1 Å². The van der Waals surface area contributed by atoms with Gasteiger partial charge in [-0.3, -0.25) is 19.3 Å². The first kappa shape index (κ1) is 18.6. The quantitative estimate of drug-likeness (QED) is 0.386. The van der Waals surface area contributed by atoms with E-state index in [1.54, 1.807) is 23.8 Å². The van der Waals surface area contributed by atoms with Gasteiger partial charge in [-0.2, -0.15) is 0 Å². The maximum absolute atomic E-state index is 12.8. The summed E-state index contributed by atoms with van der Waals surface area (Å²) in [5, 5.41) is 15.4. The molecule has 2 aromatic carbocycles. The van der Waals surface area contributed by atoms with Crippen molar-refractivity contribution in [3.05, 3.63) is 75.4 Å². The highest BCUT2D eigenvalue weighted by molar-refractivity contribution is 7.15. The fourth-order valence-electron chi connectivity index (χ4n) is 2.94. The van der Waals surface area contributed by atoms with Gasteiger partial charge in [0, 0.05) is 35.0 Å². The highest BCUT2D eigenvalue weighted by atomic mass is 32.1. The van der Waals surface area contributed by atoms with Crippen molar-refractivity contribution >= 4 is 33.6 Å². The Balaban J connectivity index is 1.61. The van der Waals surface area contributed by atoms with E-state index in [-0.39, 0.29) is 11.6 Å². The third-order valence-electron chi connectivity index (χ3n) is 4.50. The number of ether oxygens (including phenoxy) is 1. The molecule has 0 bridgehead atoms. The van der Waals surface area contributed by atoms with E-state index in [0.717, 1.165) is 17.0 Å². The van der Waals surface area contributed by atoms with Crippen LogP contribution in [0.3, 0.4) is 0 Å². The van der Waals surface area contributed by atoms with Crippen molar-refractivity contribution in [3.63, 3.8) is 0 Å². The average molecular weight is 408 g/mol. The highest BCUT2D eigenvalue weighted by Gasteiger charge is 2.17. The fourth-order valence-corrected chi connectivity index (χ4v) is 3.79. The summed E-state index contributed by atoms with van der Waals surface area (Å²) >= 11 is 1.36. The van der Waals surface area contributed by atoms with E-state index in [1.165, 1.54) is 29.5 Å². The van der Waals surface area contributed by atoms with Crippen LogP contribution in [0, 0.1) is 17.0 Å². The molecule has 2 heterocycles. The summed E-state index contributed by atoms with van der Waals surface area (Å²) in [6.07, 6.45) is 1.81. The molecule has 8 nitrogen and oxygen atoms in total. The first-order valence-corrected chi connectivity index (χ1v) is 9.51. The summed E-state index contributed by atoms with van der Waals surface area (Å²) in [7, 11) is 1.61. The summed E-state index contributed by atoms with van der Waals surface area (Å²) in [6.45, 7) is 1.71. The molecule has 4 aromatic rings. The van der Waals surface area contributed by atoms with Crippen molar-refractivity contribution < 1.29 is 14.5 Å². The molecule has 0 aliphatic heterocycles. The number of aromatic nitrogens is 2. The second kappa shape index (κ2) is 7.36. The number of imidazole rings is 1. The zero-order valence-electron chi connectivity index (χ0n) is 15.6. The molecule has 0 spiro atoms. The average Bonchev–Trinajstić information content (AvgIpc) is 3.30. The van der Waals surface area contributed by atoms with Gasteiger partial charge < -0.3 is 10.1 Å². The van der Waals surface area contributed by atoms with E-state index in [1.807, 2.05) is 30.5 Å². The normalized spacial score (nSPS) is 10.8. The molecule has 0 fully saturated rings. The molecule has 2 aromatic heterocycles. The molecular formula is C20H16N4O4S. The minimum atomic E-state index is -0.465. The molecule has 9 heteroatoms. The Morgan fingerprint density at radius 3 is 2.66 bits per heavy atom. The Kier molecular flexibility index (Phi) is 4.73. The van der Waals surface area contributed by atoms with Crippen molar-refractivity contribution in [1.29, 1.82) is 0 Å². The van der Waals surface area contributed by atoms with Gasteiger partial charge >= 0.3 is 0 Å². The van der Waals surface area contributed by atoms with Crippen LogP contribution in [0.15, 0.2) is 54.0 Å². The number of fused-ring (bicyclic) bond motifs is 1. The number of aryl methyl sites for hydroxylation is 1. The van der Waals surface area contributed by atoms with Gasteiger partial charge in [-0.05, 0) is 42.8 Å². The van der Waals surface area contributed by atoms with Crippen molar-refractivity contribution in [2.75, 3.05) is 12.4 Å². The second-order valence-electron chi connectivity index (χ2n) is 6.34. The molecule has 146 valence electrons. The molecular weight excluding hydrogens is 392 g/mol. The number of nitro groups is 1. The predicted molar refractivity (Wildman–Crippen MR) is 111 cm³/mol. The Labute approximate surface area is 169 Å². The molecule has 0 aliphatic carbocycles. The molecule has 1 amide bonds. The number of nitro benzene ring substituents is 1. The monoisotopic (exact) mass is 408 g/mol. The van der Waals surface area contributed by atoms with Gasteiger partial charge in [0.1, 0.15) is 11.4 Å². The zero-order valence-corrected chi connectivity index (χ0v) is 16.4. The molecule has 29 heavy (non-hydrogen) atoms. The SMILES string of the molecule is COc1ccc(-c2cn3c(C(=O)Nc4ccc([N+](=O)[O-])cc4C)csc3n2)cc1. The zero-order chi connectivity index (χ0) is 20.5. The largest absolute Gasteiger partial charge is 0.497 e. The van der Waals surface area contributed by atoms with Gasteiger partial charge in [-0.15, -0.1) is 11.3 Å². The van der Waals surface area contributed by atoms with Crippen LogP contribution in [-0.4, -0.2) is 27.3 Å².